The van der Waals surface area contributed by atoms with Gasteiger partial charge < -0.3 is 17.1 Å². The first-order chi connectivity index (χ1) is 23.9. The zero-order chi connectivity index (χ0) is 36.2. The fraction of sp³-hybridized carbons (Fsp3) is 0.978. The van der Waals surface area contributed by atoms with E-state index in [0.29, 0.717) is 17.5 Å². The van der Waals surface area contributed by atoms with Gasteiger partial charge in [-0.2, -0.15) is 0 Å². The Kier molecular flexibility index (Phi) is 39.8. The summed E-state index contributed by atoms with van der Waals surface area (Å²) in [6, 6.07) is 0. The molecule has 0 bridgehead atoms. The number of quaternary nitrogens is 1. The van der Waals surface area contributed by atoms with Gasteiger partial charge in [0.1, 0.15) is 0 Å². The number of nitrogens with zero attached hydrogens (tertiary/aromatic N) is 1. The minimum Gasteiger partial charge on any atom is -1.00 e. The summed E-state index contributed by atoms with van der Waals surface area (Å²) < 4.78 is 13.9. The second-order valence-corrected chi connectivity index (χ2v) is 16.1. The van der Waals surface area contributed by atoms with Gasteiger partial charge in [-0.15, -0.1) is 0 Å². The molecule has 302 valence electrons. The van der Waals surface area contributed by atoms with Gasteiger partial charge in [0.05, 0.1) is 33.7 Å². The molecule has 0 rings (SSSR count). The van der Waals surface area contributed by atoms with Crippen molar-refractivity contribution < 1.29 is 31.2 Å². The fourth-order valence-corrected chi connectivity index (χ4v) is 7.34. The van der Waals surface area contributed by atoms with Gasteiger partial charge >= 0.3 is 11.9 Å². The van der Waals surface area contributed by atoms with Gasteiger partial charge in [-0.3, -0.25) is 14.0 Å². The van der Waals surface area contributed by atoms with Crippen molar-refractivity contribution in [1.82, 2.24) is 0 Å². The first-order valence-electron chi connectivity index (χ1n) is 22.6. The molecule has 0 saturated carbocycles. The quantitative estimate of drug-likeness (QED) is 0.0273. The predicted octanol–water partition coefficient (Wildman–Crippen LogP) is 12.0. The molecule has 0 radical (unpaired) electrons. The minimum absolute atomic E-state index is 0. The molecule has 4 nitrogen and oxygen atoms in total. The zero-order valence-corrected chi connectivity index (χ0v) is 36.0. The van der Waals surface area contributed by atoms with E-state index >= 15 is 0 Å². The molecule has 0 spiro atoms. The van der Waals surface area contributed by atoms with Gasteiger partial charge in [0.25, 0.3) is 0 Å². The molecule has 5 heteroatoms. The van der Waals surface area contributed by atoms with Crippen LogP contribution < -0.4 is 12.4 Å². The summed E-state index contributed by atoms with van der Waals surface area (Å²) in [7, 11) is 2.33. The third-order valence-corrected chi connectivity index (χ3v) is 11.1. The van der Waals surface area contributed by atoms with Crippen LogP contribution in [0.1, 0.15) is 253 Å². The Labute approximate surface area is 321 Å². The van der Waals surface area contributed by atoms with Gasteiger partial charge in [0.15, 0.2) is 0 Å². The molecule has 0 aromatic rings. The van der Waals surface area contributed by atoms with Crippen LogP contribution in [0.15, 0.2) is 0 Å². The van der Waals surface area contributed by atoms with Crippen LogP contribution in [-0.2, 0) is 14.3 Å². The van der Waals surface area contributed by atoms with Crippen molar-refractivity contribution in [1.29, 1.82) is 0 Å². The number of halogens is 1. The van der Waals surface area contributed by atoms with E-state index in [1.54, 1.807) is 0 Å². The van der Waals surface area contributed by atoms with E-state index in [1.165, 1.54) is 193 Å². The highest BCUT2D eigenvalue weighted by Gasteiger charge is 2.48. The molecule has 50 heavy (non-hydrogen) atoms. The van der Waals surface area contributed by atoms with Crippen molar-refractivity contribution in [3.8, 4) is 0 Å². The van der Waals surface area contributed by atoms with Gasteiger partial charge in [-0.25, -0.2) is 0 Å². The van der Waals surface area contributed by atoms with E-state index < -0.39 is 5.91 Å². The smallest absolute Gasteiger partial charge is 0.360 e. The van der Waals surface area contributed by atoms with Crippen LogP contribution in [0.4, 0.5) is 0 Å². The van der Waals surface area contributed by atoms with Crippen molar-refractivity contribution >= 4 is 5.97 Å². The molecule has 0 aliphatic rings. The molecule has 1 unspecified atom stereocenters. The highest BCUT2D eigenvalue weighted by Crippen LogP contribution is 2.30. The lowest BCUT2D eigenvalue weighted by molar-refractivity contribution is -1.01. The van der Waals surface area contributed by atoms with E-state index in [1.807, 2.05) is 0 Å². The summed E-state index contributed by atoms with van der Waals surface area (Å²) in [5.41, 5.74) is 0. The number of hydrogen-bond donors (Lipinski definition) is 0. The van der Waals surface area contributed by atoms with E-state index in [2.05, 4.69) is 41.7 Å². The Bertz CT molecular complexity index is 673. The van der Waals surface area contributed by atoms with E-state index in [-0.39, 0.29) is 18.4 Å². The maximum atomic E-state index is 13.4. The Hall–Kier alpha value is -0.320. The average Bonchev–Trinajstić information content (AvgIpc) is 3.09. The molecule has 0 amide bonds. The van der Waals surface area contributed by atoms with E-state index in [0.717, 1.165) is 32.4 Å². The lowest BCUT2D eigenvalue weighted by atomic mass is 10.1. The van der Waals surface area contributed by atoms with Crippen LogP contribution in [0.5, 0.6) is 0 Å². The molecule has 0 N–H and O–H groups in total. The summed E-state index contributed by atoms with van der Waals surface area (Å²) in [6.45, 7) is 14.0. The standard InChI is InChI=1S/C45H92NO3.ClH/c1-7-11-15-19-23-25-26-27-29-31-35-39-43-48-45(5,49-44(47)40-36-32-30-28-24-20-16-12-8-2)46(6,41-37-33-21-17-13-9-3)42-38-34-22-18-14-10-4;/h7-43H2,1-6H3;1H/q+1;/p-1. The van der Waals surface area contributed by atoms with Crippen LogP contribution in [-0.4, -0.2) is 43.1 Å². The monoisotopic (exact) mass is 730 g/mol. The molecule has 0 saturated heterocycles. The van der Waals surface area contributed by atoms with Crippen molar-refractivity contribution in [2.24, 2.45) is 0 Å². The van der Waals surface area contributed by atoms with Crippen molar-refractivity contribution in [3.05, 3.63) is 0 Å². The van der Waals surface area contributed by atoms with E-state index in [4.69, 9.17) is 9.47 Å². The van der Waals surface area contributed by atoms with Crippen molar-refractivity contribution in [2.75, 3.05) is 26.7 Å². The van der Waals surface area contributed by atoms with Gasteiger partial charge in [-0.05, 0) is 38.5 Å². The summed E-state index contributed by atoms with van der Waals surface area (Å²) >= 11 is 0. The number of ether oxygens (including phenoxy) is 2. The van der Waals surface area contributed by atoms with Crippen LogP contribution >= 0.6 is 0 Å². The highest BCUT2D eigenvalue weighted by molar-refractivity contribution is 5.69. The first-order valence-corrected chi connectivity index (χ1v) is 22.6. The third-order valence-electron chi connectivity index (χ3n) is 11.1. The summed E-state index contributed by atoms with van der Waals surface area (Å²) in [6.07, 6.45) is 43.2. The number of unbranched alkanes of at least 4 members (excludes halogenated alkanes) is 29. The molecule has 1 atom stereocenters. The van der Waals surface area contributed by atoms with Gasteiger partial charge in [0, 0.05) is 6.42 Å². The SMILES string of the molecule is CCCCCCCCCCCCCCOC(C)(OC(=O)CCCCCCCCCCC)[N+](C)(CCCCCCCC)CCCCCCCC.[Cl-]. The van der Waals surface area contributed by atoms with Crippen molar-refractivity contribution in [3.63, 3.8) is 0 Å². The van der Waals surface area contributed by atoms with E-state index in [9.17, 15) is 4.79 Å². The maximum absolute atomic E-state index is 13.4. The number of esters is 1. The van der Waals surface area contributed by atoms with Crippen LogP contribution in [0.25, 0.3) is 0 Å². The Balaban J connectivity index is 0. The summed E-state index contributed by atoms with van der Waals surface area (Å²) in [5, 5.41) is 0. The molecule has 0 heterocycles. The topological polar surface area (TPSA) is 35.5 Å². The van der Waals surface area contributed by atoms with Gasteiger partial charge in [0.2, 0.25) is 0 Å². The summed E-state index contributed by atoms with van der Waals surface area (Å²) in [5.74, 6) is -0.976. The minimum atomic E-state index is -0.916. The summed E-state index contributed by atoms with van der Waals surface area (Å²) in [4.78, 5) is 13.4. The largest absolute Gasteiger partial charge is 1.00 e. The normalized spacial score (nSPS) is 12.9. The molecule has 0 aromatic carbocycles. The van der Waals surface area contributed by atoms with Crippen LogP contribution in [0, 0.1) is 0 Å². The second-order valence-electron chi connectivity index (χ2n) is 16.1. The Morgan fingerprint density at radius 2 is 0.720 bits per heavy atom. The lowest BCUT2D eigenvalue weighted by Gasteiger charge is -2.47. The third kappa shape index (κ3) is 30.2. The average molecular weight is 731 g/mol. The number of rotatable bonds is 40. The molecule has 0 aromatic heterocycles. The number of hydrogen-bond acceptors (Lipinski definition) is 3. The number of carbonyl (C=O) groups is 1. The molecular weight excluding hydrogens is 638 g/mol. The number of carbonyl (C=O) groups excluding carboxylic acids is 1. The molecular formula is C45H92ClNO3. The lowest BCUT2D eigenvalue weighted by Crippen LogP contribution is -3.00. The predicted molar refractivity (Wildman–Crippen MR) is 216 cm³/mol. The Morgan fingerprint density at radius 1 is 0.440 bits per heavy atom. The first kappa shape index (κ1) is 51.8. The molecule has 0 fully saturated rings. The van der Waals surface area contributed by atoms with Crippen molar-refractivity contribution in [2.45, 2.75) is 259 Å². The fourth-order valence-electron chi connectivity index (χ4n) is 7.34. The molecule has 0 aliphatic carbocycles. The van der Waals surface area contributed by atoms with Crippen LogP contribution in [0.3, 0.4) is 0 Å². The van der Waals surface area contributed by atoms with Gasteiger partial charge in [-0.1, -0.05) is 201 Å². The Morgan fingerprint density at radius 3 is 1.06 bits per heavy atom. The second kappa shape index (κ2) is 38.4. The van der Waals surface area contributed by atoms with Crippen LogP contribution in [0.2, 0.25) is 0 Å². The molecule has 0 aliphatic heterocycles. The highest BCUT2D eigenvalue weighted by atomic mass is 35.5. The zero-order valence-electron chi connectivity index (χ0n) is 35.2. The maximum Gasteiger partial charge on any atom is 0.360 e.